The zero-order valence-electron chi connectivity index (χ0n) is 17.1. The average molecular weight is 400 g/mol. The van der Waals surface area contributed by atoms with Crippen LogP contribution in [0, 0.1) is 0 Å². The molecule has 0 radical (unpaired) electrons. The highest BCUT2D eigenvalue weighted by atomic mass is 16.5. The number of methoxy groups -OCH3 is 1. The molecule has 1 aliphatic heterocycles. The number of anilines is 1. The molecule has 0 bridgehead atoms. The third-order valence-corrected chi connectivity index (χ3v) is 5.45. The maximum atomic E-state index is 13.3. The van der Waals surface area contributed by atoms with Crippen LogP contribution in [0.4, 0.5) is 5.69 Å². The first-order chi connectivity index (χ1) is 14.6. The van der Waals surface area contributed by atoms with Crippen molar-refractivity contribution in [1.29, 1.82) is 0 Å². The molecule has 3 aromatic rings. The molecule has 0 saturated carbocycles. The number of carbonyl (C=O) groups is 2. The molecule has 152 valence electrons. The van der Waals surface area contributed by atoms with E-state index in [-0.39, 0.29) is 11.8 Å². The lowest BCUT2D eigenvalue weighted by atomic mass is 10.0. The molecule has 0 fully saturated rings. The Bertz CT molecular complexity index is 1090. The molecule has 0 saturated heterocycles. The van der Waals surface area contributed by atoms with E-state index in [1.165, 1.54) is 0 Å². The van der Waals surface area contributed by atoms with Gasteiger partial charge in [-0.3, -0.25) is 14.5 Å². The summed E-state index contributed by atoms with van der Waals surface area (Å²) in [6.07, 6.45) is 0.855. The first kappa shape index (κ1) is 19.7. The van der Waals surface area contributed by atoms with Crippen molar-refractivity contribution in [3.05, 3.63) is 95.1 Å². The summed E-state index contributed by atoms with van der Waals surface area (Å²) < 4.78 is 5.38. The van der Waals surface area contributed by atoms with Crippen molar-refractivity contribution in [2.24, 2.45) is 0 Å². The smallest absolute Gasteiger partial charge is 0.259 e. The standard InChI is InChI=1S/C25H24N2O3/c1-3-17-9-8-11-19(15-17)27-23(20-12-5-6-13-21(20)25(27)29)24(28)26-16-18-10-4-7-14-22(18)30-2/h4-15,23H,3,16H2,1-2H3,(H,26,28)/t23-/m0/s1. The van der Waals surface area contributed by atoms with Crippen LogP contribution in [-0.4, -0.2) is 18.9 Å². The van der Waals surface area contributed by atoms with E-state index in [1.807, 2.05) is 66.7 Å². The van der Waals surface area contributed by atoms with Crippen LogP contribution >= 0.6 is 0 Å². The number of amides is 2. The number of ether oxygens (including phenoxy) is 1. The molecular formula is C25H24N2O3. The summed E-state index contributed by atoms with van der Waals surface area (Å²) in [7, 11) is 1.61. The molecule has 0 unspecified atom stereocenters. The Morgan fingerprint density at radius 3 is 2.60 bits per heavy atom. The molecule has 30 heavy (non-hydrogen) atoms. The minimum absolute atomic E-state index is 0.156. The maximum Gasteiger partial charge on any atom is 0.259 e. The Hall–Kier alpha value is -3.60. The second kappa shape index (κ2) is 8.41. The lowest BCUT2D eigenvalue weighted by molar-refractivity contribution is -0.122. The zero-order chi connectivity index (χ0) is 21.1. The summed E-state index contributed by atoms with van der Waals surface area (Å²) in [5.41, 5.74) is 4.02. The van der Waals surface area contributed by atoms with Crippen molar-refractivity contribution in [2.45, 2.75) is 25.9 Å². The molecule has 0 spiro atoms. The molecule has 5 heteroatoms. The topological polar surface area (TPSA) is 58.6 Å². The van der Waals surface area contributed by atoms with Gasteiger partial charge in [0.05, 0.1) is 7.11 Å². The van der Waals surface area contributed by atoms with Crippen LogP contribution in [0.2, 0.25) is 0 Å². The van der Waals surface area contributed by atoms with E-state index in [1.54, 1.807) is 18.1 Å². The van der Waals surface area contributed by atoms with Gasteiger partial charge in [-0.1, -0.05) is 55.5 Å². The Morgan fingerprint density at radius 1 is 1.03 bits per heavy atom. The van der Waals surface area contributed by atoms with Gasteiger partial charge in [0.2, 0.25) is 5.91 Å². The molecular weight excluding hydrogens is 376 g/mol. The molecule has 1 heterocycles. The van der Waals surface area contributed by atoms with Crippen molar-refractivity contribution < 1.29 is 14.3 Å². The van der Waals surface area contributed by atoms with Crippen LogP contribution in [-0.2, 0) is 17.8 Å². The lowest BCUT2D eigenvalue weighted by Crippen LogP contribution is -2.39. The number of nitrogens with one attached hydrogen (secondary N) is 1. The van der Waals surface area contributed by atoms with Crippen molar-refractivity contribution in [2.75, 3.05) is 12.0 Å². The lowest BCUT2D eigenvalue weighted by Gasteiger charge is -2.25. The Balaban J connectivity index is 1.67. The van der Waals surface area contributed by atoms with E-state index in [2.05, 4.69) is 12.2 Å². The van der Waals surface area contributed by atoms with Gasteiger partial charge >= 0.3 is 0 Å². The summed E-state index contributed by atoms with van der Waals surface area (Å²) in [5.74, 6) is 0.339. The number of benzene rings is 3. The van der Waals surface area contributed by atoms with Gasteiger partial charge < -0.3 is 10.1 Å². The van der Waals surface area contributed by atoms with Crippen LogP contribution in [0.15, 0.2) is 72.8 Å². The van der Waals surface area contributed by atoms with Gasteiger partial charge in [0, 0.05) is 23.4 Å². The van der Waals surface area contributed by atoms with Crippen LogP contribution in [0.5, 0.6) is 5.75 Å². The number of nitrogens with zero attached hydrogens (tertiary/aromatic N) is 1. The van der Waals surface area contributed by atoms with E-state index in [9.17, 15) is 9.59 Å². The molecule has 2 amide bonds. The quantitative estimate of drug-likeness (QED) is 0.672. The normalized spacial score (nSPS) is 15.1. The molecule has 3 aromatic carbocycles. The summed E-state index contributed by atoms with van der Waals surface area (Å²) in [5, 5.41) is 2.99. The van der Waals surface area contributed by atoms with Crippen LogP contribution in [0.25, 0.3) is 0 Å². The molecule has 0 aromatic heterocycles. The van der Waals surface area contributed by atoms with Crippen molar-refractivity contribution in [1.82, 2.24) is 5.32 Å². The largest absolute Gasteiger partial charge is 0.496 e. The molecule has 1 N–H and O–H groups in total. The molecule has 1 atom stereocenters. The fourth-order valence-corrected chi connectivity index (χ4v) is 3.90. The predicted octanol–water partition coefficient (Wildman–Crippen LogP) is 4.28. The monoisotopic (exact) mass is 400 g/mol. The van der Waals surface area contributed by atoms with Gasteiger partial charge in [0.25, 0.3) is 5.91 Å². The summed E-state index contributed by atoms with van der Waals surface area (Å²) in [6.45, 7) is 2.38. The van der Waals surface area contributed by atoms with E-state index < -0.39 is 6.04 Å². The van der Waals surface area contributed by atoms with Gasteiger partial charge in [-0.25, -0.2) is 0 Å². The second-order valence-electron chi connectivity index (χ2n) is 7.22. The van der Waals surface area contributed by atoms with Crippen molar-refractivity contribution in [3.63, 3.8) is 0 Å². The predicted molar refractivity (Wildman–Crippen MR) is 117 cm³/mol. The van der Waals surface area contributed by atoms with E-state index in [4.69, 9.17) is 4.74 Å². The zero-order valence-corrected chi connectivity index (χ0v) is 17.1. The number of hydrogen-bond donors (Lipinski definition) is 1. The van der Waals surface area contributed by atoms with E-state index in [0.717, 1.165) is 28.8 Å². The number of carbonyl (C=O) groups excluding carboxylic acids is 2. The molecule has 1 aliphatic rings. The summed E-state index contributed by atoms with van der Waals surface area (Å²) in [4.78, 5) is 28.1. The third kappa shape index (κ3) is 3.54. The first-order valence-corrected chi connectivity index (χ1v) is 10.0. The van der Waals surface area contributed by atoms with Crippen LogP contribution in [0.1, 0.15) is 40.0 Å². The minimum atomic E-state index is -0.712. The third-order valence-electron chi connectivity index (χ3n) is 5.45. The number of aryl methyl sites for hydroxylation is 1. The Labute approximate surface area is 176 Å². The van der Waals surface area contributed by atoms with Gasteiger partial charge in [-0.2, -0.15) is 0 Å². The van der Waals surface area contributed by atoms with E-state index >= 15 is 0 Å². The molecule has 4 rings (SSSR count). The van der Waals surface area contributed by atoms with Crippen molar-refractivity contribution >= 4 is 17.5 Å². The number of rotatable bonds is 6. The highest BCUT2D eigenvalue weighted by Gasteiger charge is 2.41. The highest BCUT2D eigenvalue weighted by molar-refractivity contribution is 6.15. The van der Waals surface area contributed by atoms with Crippen LogP contribution in [0.3, 0.4) is 0 Å². The SMILES string of the molecule is CCc1cccc(N2C(=O)c3ccccc3[C@H]2C(=O)NCc2ccccc2OC)c1. The van der Waals surface area contributed by atoms with Gasteiger partial charge in [0.1, 0.15) is 11.8 Å². The second-order valence-corrected chi connectivity index (χ2v) is 7.22. The van der Waals surface area contributed by atoms with Gasteiger partial charge in [0.15, 0.2) is 0 Å². The Morgan fingerprint density at radius 2 is 1.80 bits per heavy atom. The average Bonchev–Trinajstić information content (AvgIpc) is 3.10. The Kier molecular flexibility index (Phi) is 5.53. The summed E-state index contributed by atoms with van der Waals surface area (Å²) in [6, 6.07) is 22.0. The first-order valence-electron chi connectivity index (χ1n) is 10.0. The fraction of sp³-hybridized carbons (Fsp3) is 0.200. The highest BCUT2D eigenvalue weighted by Crippen LogP contribution is 2.38. The summed E-state index contributed by atoms with van der Waals surface area (Å²) >= 11 is 0. The molecule has 0 aliphatic carbocycles. The molecule has 5 nitrogen and oxygen atoms in total. The van der Waals surface area contributed by atoms with Crippen molar-refractivity contribution in [3.8, 4) is 5.75 Å². The minimum Gasteiger partial charge on any atom is -0.496 e. The van der Waals surface area contributed by atoms with Gasteiger partial charge in [-0.15, -0.1) is 0 Å². The van der Waals surface area contributed by atoms with Gasteiger partial charge in [-0.05, 0) is 41.8 Å². The number of hydrogen-bond acceptors (Lipinski definition) is 3. The van der Waals surface area contributed by atoms with E-state index in [0.29, 0.717) is 17.9 Å². The van der Waals surface area contributed by atoms with Crippen LogP contribution < -0.4 is 15.0 Å². The number of para-hydroxylation sites is 1. The maximum absolute atomic E-state index is 13.3. The number of fused-ring (bicyclic) bond motifs is 1. The fourth-order valence-electron chi connectivity index (χ4n) is 3.90.